The van der Waals surface area contributed by atoms with Gasteiger partial charge in [-0.3, -0.25) is 0 Å². The van der Waals surface area contributed by atoms with Crippen LogP contribution in [0.3, 0.4) is 0 Å². The molecular weight excluding hydrogens is 340 g/mol. The van der Waals surface area contributed by atoms with Gasteiger partial charge in [-0.15, -0.1) is 0 Å². The average Bonchev–Trinajstić information content (AvgIpc) is 2.62. The van der Waals surface area contributed by atoms with Gasteiger partial charge in [0.25, 0.3) is 0 Å². The van der Waals surface area contributed by atoms with Crippen molar-refractivity contribution in [2.45, 2.75) is 0 Å². The lowest BCUT2D eigenvalue weighted by molar-refractivity contribution is 0.415. The van der Waals surface area contributed by atoms with E-state index in [0.29, 0.717) is 22.5 Å². The molecule has 0 saturated carbocycles. The van der Waals surface area contributed by atoms with Crippen LogP contribution in [0.5, 0.6) is 11.5 Å². The van der Waals surface area contributed by atoms with E-state index >= 15 is 0 Å². The van der Waals surface area contributed by atoms with Crippen LogP contribution in [0, 0.1) is 0 Å². The highest BCUT2D eigenvalue weighted by Gasteiger charge is 2.07. The fourth-order valence-electron chi connectivity index (χ4n) is 2.23. The topological polar surface area (TPSA) is 68.3 Å². The summed E-state index contributed by atoms with van der Waals surface area (Å²) in [6.45, 7) is 0. The standard InChI is InChI=1S/C18H17ClN4O2/c1-24-14-5-3-4-13(11-14)21-18-20-9-8-17(23-18)22-15-10-12(19)6-7-16(15)25-2/h3-11H,1-2H3,(H2,20,21,22,23). The minimum absolute atomic E-state index is 0.458. The summed E-state index contributed by atoms with van der Waals surface area (Å²) in [6.07, 6.45) is 1.66. The number of halogens is 1. The van der Waals surface area contributed by atoms with E-state index in [1.807, 2.05) is 24.3 Å². The van der Waals surface area contributed by atoms with E-state index in [9.17, 15) is 0 Å². The summed E-state index contributed by atoms with van der Waals surface area (Å²) in [4.78, 5) is 8.68. The molecule has 0 amide bonds. The number of benzene rings is 2. The van der Waals surface area contributed by atoms with Crippen LogP contribution in [0.4, 0.5) is 23.1 Å². The fourth-order valence-corrected chi connectivity index (χ4v) is 2.41. The Bertz CT molecular complexity index is 873. The molecule has 128 valence electrons. The zero-order chi connectivity index (χ0) is 17.6. The predicted octanol–water partition coefficient (Wildman–Crippen LogP) is 4.63. The predicted molar refractivity (Wildman–Crippen MR) is 99.6 cm³/mol. The van der Waals surface area contributed by atoms with Crippen molar-refractivity contribution in [3.8, 4) is 11.5 Å². The number of hydrogen-bond acceptors (Lipinski definition) is 6. The second-order valence-electron chi connectivity index (χ2n) is 5.09. The van der Waals surface area contributed by atoms with Crippen LogP contribution in [0.1, 0.15) is 0 Å². The third-order valence-corrected chi connectivity index (χ3v) is 3.64. The van der Waals surface area contributed by atoms with Crippen molar-refractivity contribution >= 4 is 34.7 Å². The first-order chi connectivity index (χ1) is 12.2. The molecule has 2 aromatic carbocycles. The summed E-state index contributed by atoms with van der Waals surface area (Å²) >= 11 is 6.05. The summed E-state index contributed by atoms with van der Waals surface area (Å²) < 4.78 is 10.5. The maximum absolute atomic E-state index is 6.05. The summed E-state index contributed by atoms with van der Waals surface area (Å²) in [5.74, 6) is 2.49. The minimum Gasteiger partial charge on any atom is -0.497 e. The molecule has 3 aromatic rings. The van der Waals surface area contributed by atoms with Crippen LogP contribution < -0.4 is 20.1 Å². The molecule has 0 radical (unpaired) electrons. The first kappa shape index (κ1) is 16.9. The summed E-state index contributed by atoms with van der Waals surface area (Å²) in [5, 5.41) is 6.94. The van der Waals surface area contributed by atoms with Gasteiger partial charge in [0, 0.05) is 23.0 Å². The Balaban J connectivity index is 1.81. The maximum atomic E-state index is 6.05. The Morgan fingerprint density at radius 3 is 2.64 bits per heavy atom. The van der Waals surface area contributed by atoms with Crippen LogP contribution in [0.15, 0.2) is 54.7 Å². The van der Waals surface area contributed by atoms with Gasteiger partial charge >= 0.3 is 0 Å². The Labute approximate surface area is 150 Å². The van der Waals surface area contributed by atoms with Gasteiger partial charge in [0.2, 0.25) is 5.95 Å². The highest BCUT2D eigenvalue weighted by molar-refractivity contribution is 6.31. The van der Waals surface area contributed by atoms with E-state index in [4.69, 9.17) is 21.1 Å². The summed E-state index contributed by atoms with van der Waals surface area (Å²) in [6, 6.07) is 14.6. The molecule has 0 aliphatic carbocycles. The number of hydrogen-bond donors (Lipinski definition) is 2. The minimum atomic E-state index is 0.458. The van der Waals surface area contributed by atoms with Crippen molar-refractivity contribution in [2.75, 3.05) is 24.9 Å². The van der Waals surface area contributed by atoms with Crippen LogP contribution in [0.25, 0.3) is 0 Å². The zero-order valence-corrected chi connectivity index (χ0v) is 14.5. The SMILES string of the molecule is COc1cccc(Nc2nccc(Nc3cc(Cl)ccc3OC)n2)c1. The smallest absolute Gasteiger partial charge is 0.229 e. The fraction of sp³-hybridized carbons (Fsp3) is 0.111. The van der Waals surface area contributed by atoms with Crippen LogP contribution in [0.2, 0.25) is 5.02 Å². The van der Waals surface area contributed by atoms with Crippen LogP contribution >= 0.6 is 11.6 Å². The number of methoxy groups -OCH3 is 2. The third kappa shape index (κ3) is 4.30. The van der Waals surface area contributed by atoms with Crippen molar-refractivity contribution < 1.29 is 9.47 Å². The molecule has 3 rings (SSSR count). The van der Waals surface area contributed by atoms with E-state index in [1.165, 1.54) is 0 Å². The molecule has 0 fully saturated rings. The van der Waals surface area contributed by atoms with Crippen LogP contribution in [-0.4, -0.2) is 24.2 Å². The van der Waals surface area contributed by atoms with Gasteiger partial charge in [0.1, 0.15) is 17.3 Å². The van der Waals surface area contributed by atoms with Gasteiger partial charge in [-0.25, -0.2) is 4.98 Å². The van der Waals surface area contributed by atoms with Gasteiger partial charge in [-0.2, -0.15) is 4.98 Å². The Kier molecular flexibility index (Phi) is 5.20. The normalized spacial score (nSPS) is 10.2. The van der Waals surface area contributed by atoms with E-state index < -0.39 is 0 Å². The van der Waals surface area contributed by atoms with Crippen molar-refractivity contribution in [1.29, 1.82) is 0 Å². The lowest BCUT2D eigenvalue weighted by Gasteiger charge is -2.12. The average molecular weight is 357 g/mol. The van der Waals surface area contributed by atoms with Gasteiger partial charge in [0.05, 0.1) is 19.9 Å². The Morgan fingerprint density at radius 2 is 1.84 bits per heavy atom. The molecule has 0 aliphatic rings. The third-order valence-electron chi connectivity index (χ3n) is 3.41. The quantitative estimate of drug-likeness (QED) is 0.671. The number of ether oxygens (including phenoxy) is 2. The molecule has 1 heterocycles. The van der Waals surface area contributed by atoms with Crippen molar-refractivity contribution in [3.63, 3.8) is 0 Å². The van der Waals surface area contributed by atoms with Crippen molar-refractivity contribution in [3.05, 3.63) is 59.8 Å². The maximum Gasteiger partial charge on any atom is 0.229 e. The largest absolute Gasteiger partial charge is 0.497 e. The highest BCUT2D eigenvalue weighted by atomic mass is 35.5. The number of nitrogens with one attached hydrogen (secondary N) is 2. The molecule has 0 atom stereocenters. The number of rotatable bonds is 6. The molecule has 0 bridgehead atoms. The molecular formula is C18H17ClN4O2. The summed E-state index contributed by atoms with van der Waals surface area (Å²) in [7, 11) is 3.22. The lowest BCUT2D eigenvalue weighted by atomic mass is 10.3. The molecule has 7 heteroatoms. The molecule has 6 nitrogen and oxygen atoms in total. The van der Waals surface area contributed by atoms with E-state index in [2.05, 4.69) is 20.6 Å². The number of aromatic nitrogens is 2. The van der Waals surface area contributed by atoms with Crippen molar-refractivity contribution in [2.24, 2.45) is 0 Å². The zero-order valence-electron chi connectivity index (χ0n) is 13.8. The monoisotopic (exact) mass is 356 g/mol. The van der Waals surface area contributed by atoms with Crippen LogP contribution in [-0.2, 0) is 0 Å². The molecule has 2 N–H and O–H groups in total. The van der Waals surface area contributed by atoms with Gasteiger partial charge in [-0.05, 0) is 36.4 Å². The van der Waals surface area contributed by atoms with E-state index in [1.54, 1.807) is 44.7 Å². The number of nitrogens with zero attached hydrogens (tertiary/aromatic N) is 2. The molecule has 25 heavy (non-hydrogen) atoms. The van der Waals surface area contributed by atoms with Gasteiger partial charge < -0.3 is 20.1 Å². The van der Waals surface area contributed by atoms with E-state index in [0.717, 1.165) is 17.1 Å². The van der Waals surface area contributed by atoms with Gasteiger partial charge in [0.15, 0.2) is 0 Å². The first-order valence-electron chi connectivity index (χ1n) is 7.52. The highest BCUT2D eigenvalue weighted by Crippen LogP contribution is 2.30. The van der Waals surface area contributed by atoms with Crippen molar-refractivity contribution in [1.82, 2.24) is 9.97 Å². The Hall–Kier alpha value is -2.99. The molecule has 0 unspecified atom stereocenters. The molecule has 0 aliphatic heterocycles. The summed E-state index contributed by atoms with van der Waals surface area (Å²) in [5.41, 5.74) is 1.55. The molecule has 0 spiro atoms. The molecule has 1 aromatic heterocycles. The van der Waals surface area contributed by atoms with Gasteiger partial charge in [-0.1, -0.05) is 17.7 Å². The molecule has 0 saturated heterocycles. The lowest BCUT2D eigenvalue weighted by Crippen LogP contribution is -2.01. The second kappa shape index (κ2) is 7.72. The first-order valence-corrected chi connectivity index (χ1v) is 7.90. The second-order valence-corrected chi connectivity index (χ2v) is 5.53. The number of anilines is 4. The Morgan fingerprint density at radius 1 is 0.960 bits per heavy atom. The van der Waals surface area contributed by atoms with E-state index in [-0.39, 0.29) is 0 Å².